The lowest BCUT2D eigenvalue weighted by Crippen LogP contribution is -2.22. The Morgan fingerprint density at radius 2 is 2.05 bits per heavy atom. The van der Waals surface area contributed by atoms with Crippen LogP contribution in [-0.2, 0) is 5.41 Å². The first kappa shape index (κ1) is 17.7. The molecule has 0 bridgehead atoms. The number of hydrogen-bond donors (Lipinski definition) is 1. The molecule has 0 aliphatic carbocycles. The van der Waals surface area contributed by atoms with Crippen LogP contribution >= 0.6 is 46.1 Å². The van der Waals surface area contributed by atoms with Gasteiger partial charge in [0, 0.05) is 29.2 Å². The Hall–Kier alpha value is 0.310. The quantitative estimate of drug-likeness (QED) is 0.690. The van der Waals surface area contributed by atoms with Crippen molar-refractivity contribution in [2.24, 2.45) is 0 Å². The molecule has 1 N–H and O–H groups in total. The van der Waals surface area contributed by atoms with Crippen LogP contribution in [0.25, 0.3) is 0 Å². The summed E-state index contributed by atoms with van der Waals surface area (Å²) in [5.74, 6) is 5.60. The highest BCUT2D eigenvalue weighted by Crippen LogP contribution is 2.38. The maximum absolute atomic E-state index is 4.94. The lowest BCUT2D eigenvalue weighted by molar-refractivity contribution is 0.558. The Morgan fingerprint density at radius 3 is 2.62 bits per heavy atom. The predicted molar refractivity (Wildman–Crippen MR) is 105 cm³/mol. The molecule has 118 valence electrons. The van der Waals surface area contributed by atoms with Gasteiger partial charge in [0.05, 0.1) is 14.5 Å². The Labute approximate surface area is 150 Å². The number of thioether (sulfide) groups is 2. The van der Waals surface area contributed by atoms with Gasteiger partial charge in [-0.05, 0) is 29.0 Å². The Morgan fingerprint density at radius 1 is 1.29 bits per heavy atom. The highest BCUT2D eigenvalue weighted by molar-refractivity contribution is 14.1. The third-order valence-electron chi connectivity index (χ3n) is 3.23. The first-order chi connectivity index (χ1) is 9.93. The van der Waals surface area contributed by atoms with Crippen LogP contribution in [0, 0.1) is 3.57 Å². The van der Waals surface area contributed by atoms with Gasteiger partial charge >= 0.3 is 0 Å². The van der Waals surface area contributed by atoms with E-state index in [1.54, 1.807) is 0 Å². The molecule has 1 aromatic rings. The minimum absolute atomic E-state index is 0.0450. The van der Waals surface area contributed by atoms with Crippen molar-refractivity contribution >= 4 is 51.9 Å². The molecule has 1 fully saturated rings. The van der Waals surface area contributed by atoms with E-state index in [9.17, 15) is 0 Å². The van der Waals surface area contributed by atoms with Gasteiger partial charge < -0.3 is 5.32 Å². The fraction of sp³-hybridized carbons (Fsp3) is 0.733. The molecule has 0 aromatic carbocycles. The summed E-state index contributed by atoms with van der Waals surface area (Å²) in [5, 5.41) is 3.91. The van der Waals surface area contributed by atoms with Crippen molar-refractivity contribution in [3.63, 3.8) is 0 Å². The third-order valence-corrected chi connectivity index (χ3v) is 7.00. The second-order valence-electron chi connectivity index (χ2n) is 6.20. The number of nitrogens with zero attached hydrogens (tertiary/aromatic N) is 2. The normalized spacial score (nSPS) is 19.6. The van der Waals surface area contributed by atoms with Crippen LogP contribution < -0.4 is 5.32 Å². The second kappa shape index (κ2) is 7.73. The van der Waals surface area contributed by atoms with Crippen LogP contribution in [0.1, 0.15) is 50.9 Å². The van der Waals surface area contributed by atoms with E-state index in [1.807, 2.05) is 23.5 Å². The van der Waals surface area contributed by atoms with Crippen LogP contribution in [0.5, 0.6) is 0 Å². The van der Waals surface area contributed by atoms with Gasteiger partial charge in [-0.1, -0.05) is 27.7 Å². The molecule has 1 aliphatic rings. The summed E-state index contributed by atoms with van der Waals surface area (Å²) < 4.78 is 1.17. The van der Waals surface area contributed by atoms with E-state index in [-0.39, 0.29) is 5.41 Å². The van der Waals surface area contributed by atoms with Crippen molar-refractivity contribution in [2.75, 3.05) is 29.1 Å². The summed E-state index contributed by atoms with van der Waals surface area (Å²) in [4.78, 5) is 9.79. The average molecular weight is 437 g/mol. The van der Waals surface area contributed by atoms with Gasteiger partial charge in [-0.3, -0.25) is 0 Å². The molecular weight excluding hydrogens is 413 g/mol. The molecule has 0 spiro atoms. The molecule has 0 radical (unpaired) electrons. The fourth-order valence-corrected chi connectivity index (χ4v) is 5.94. The maximum Gasteiger partial charge on any atom is 0.144 e. The molecule has 1 saturated heterocycles. The lowest BCUT2D eigenvalue weighted by atomic mass is 9.92. The van der Waals surface area contributed by atoms with Crippen molar-refractivity contribution < 1.29 is 0 Å². The van der Waals surface area contributed by atoms with Crippen molar-refractivity contribution in [2.45, 2.75) is 44.8 Å². The number of hydrogen-bond acceptors (Lipinski definition) is 5. The first-order valence-corrected chi connectivity index (χ1v) is 10.7. The minimum Gasteiger partial charge on any atom is -0.369 e. The fourth-order valence-electron chi connectivity index (χ4n) is 2.10. The molecule has 0 amide bonds. The highest BCUT2D eigenvalue weighted by atomic mass is 127. The van der Waals surface area contributed by atoms with Gasteiger partial charge in [-0.25, -0.2) is 9.97 Å². The van der Waals surface area contributed by atoms with Gasteiger partial charge in [0.25, 0.3) is 0 Å². The number of aromatic nitrogens is 2. The van der Waals surface area contributed by atoms with Gasteiger partial charge in [-0.2, -0.15) is 11.8 Å². The molecule has 3 nitrogen and oxygen atoms in total. The molecule has 1 atom stereocenters. The van der Waals surface area contributed by atoms with E-state index in [2.05, 4.69) is 55.6 Å². The maximum atomic E-state index is 4.94. The summed E-state index contributed by atoms with van der Waals surface area (Å²) in [6, 6.07) is 0. The van der Waals surface area contributed by atoms with E-state index >= 15 is 0 Å². The molecule has 1 aliphatic heterocycles. The van der Waals surface area contributed by atoms with Gasteiger partial charge in [-0.15, -0.1) is 11.8 Å². The van der Waals surface area contributed by atoms with Crippen LogP contribution in [0.15, 0.2) is 0 Å². The number of nitrogens with one attached hydrogen (secondary N) is 1. The molecule has 1 unspecified atom stereocenters. The number of halogens is 1. The molecule has 6 heteroatoms. The molecule has 1 aromatic heterocycles. The van der Waals surface area contributed by atoms with E-state index in [4.69, 9.17) is 9.97 Å². The summed E-state index contributed by atoms with van der Waals surface area (Å²) in [7, 11) is 0. The van der Waals surface area contributed by atoms with Gasteiger partial charge in [0.2, 0.25) is 0 Å². The Balaban J connectivity index is 2.39. The van der Waals surface area contributed by atoms with Gasteiger partial charge in [0.15, 0.2) is 0 Å². The van der Waals surface area contributed by atoms with Gasteiger partial charge in [0.1, 0.15) is 11.6 Å². The largest absolute Gasteiger partial charge is 0.369 e. The van der Waals surface area contributed by atoms with E-state index in [0.29, 0.717) is 5.25 Å². The molecule has 21 heavy (non-hydrogen) atoms. The standard InChI is InChI=1S/C15H24IN3S2/c1-5-6-17-14-11(16)12(15(2,3)4)18-13(19-14)10-9-20-7-8-21-10/h10H,5-9H2,1-4H3,(H,17,18,19). The third kappa shape index (κ3) is 4.64. The second-order valence-corrected chi connectivity index (χ2v) is 9.74. The first-order valence-electron chi connectivity index (χ1n) is 7.44. The summed E-state index contributed by atoms with van der Waals surface area (Å²) in [5.41, 5.74) is 1.21. The molecular formula is C15H24IN3S2. The SMILES string of the molecule is CCCNc1nc(C2CSCCS2)nc(C(C)(C)C)c1I. The zero-order chi connectivity index (χ0) is 15.5. The zero-order valence-corrected chi connectivity index (χ0v) is 17.0. The minimum atomic E-state index is 0.0450. The van der Waals surface area contributed by atoms with Crippen molar-refractivity contribution in [3.8, 4) is 0 Å². The van der Waals surface area contributed by atoms with Crippen LogP contribution in [-0.4, -0.2) is 33.8 Å². The van der Waals surface area contributed by atoms with E-state index < -0.39 is 0 Å². The number of anilines is 1. The zero-order valence-electron chi connectivity index (χ0n) is 13.2. The smallest absolute Gasteiger partial charge is 0.144 e. The van der Waals surface area contributed by atoms with Crippen LogP contribution in [0.4, 0.5) is 5.82 Å². The van der Waals surface area contributed by atoms with Crippen LogP contribution in [0.2, 0.25) is 0 Å². The highest BCUT2D eigenvalue weighted by Gasteiger charge is 2.27. The Kier molecular flexibility index (Phi) is 6.50. The predicted octanol–water partition coefficient (Wildman–Crippen LogP) is 4.72. The van der Waals surface area contributed by atoms with Crippen molar-refractivity contribution in [1.29, 1.82) is 0 Å². The monoisotopic (exact) mass is 437 g/mol. The van der Waals surface area contributed by atoms with E-state index in [0.717, 1.165) is 30.4 Å². The summed E-state index contributed by atoms with van der Waals surface area (Å²) in [6.45, 7) is 9.83. The molecule has 2 heterocycles. The Bertz CT molecular complexity index is 483. The summed E-state index contributed by atoms with van der Waals surface area (Å²) >= 11 is 6.41. The number of rotatable bonds is 4. The topological polar surface area (TPSA) is 37.8 Å². The van der Waals surface area contributed by atoms with Crippen LogP contribution in [0.3, 0.4) is 0 Å². The average Bonchev–Trinajstić information content (AvgIpc) is 2.46. The molecule has 2 rings (SSSR count). The van der Waals surface area contributed by atoms with Crippen molar-refractivity contribution in [3.05, 3.63) is 15.1 Å². The van der Waals surface area contributed by atoms with E-state index in [1.165, 1.54) is 20.8 Å². The summed E-state index contributed by atoms with van der Waals surface area (Å²) in [6.07, 6.45) is 1.11. The lowest BCUT2D eigenvalue weighted by Gasteiger charge is -2.25. The molecule has 0 saturated carbocycles. The van der Waals surface area contributed by atoms with Crippen molar-refractivity contribution in [1.82, 2.24) is 9.97 Å².